The second-order valence-corrected chi connectivity index (χ2v) is 19.0. The Kier molecular flexibility index (Phi) is 10.1. The predicted octanol–water partition coefficient (Wildman–Crippen LogP) is 9.84. The summed E-state index contributed by atoms with van der Waals surface area (Å²) in [6.07, 6.45) is 5.29. The normalized spacial score (nSPS) is 19.4. The number of fused-ring (bicyclic) bond motifs is 4. The van der Waals surface area contributed by atoms with Crippen LogP contribution in [-0.2, 0) is 29.0 Å². The van der Waals surface area contributed by atoms with Crippen LogP contribution in [0.1, 0.15) is 103 Å². The summed E-state index contributed by atoms with van der Waals surface area (Å²) in [6, 6.07) is 14.7. The number of benzene rings is 2. The van der Waals surface area contributed by atoms with Crippen LogP contribution in [0, 0.1) is 10.8 Å². The van der Waals surface area contributed by atoms with E-state index in [0.29, 0.717) is 29.7 Å². The molecule has 0 bridgehead atoms. The van der Waals surface area contributed by atoms with Crippen molar-refractivity contribution in [2.75, 3.05) is 42.5 Å². The zero-order valence-electron chi connectivity index (χ0n) is 33.9. The van der Waals surface area contributed by atoms with Crippen LogP contribution in [0.15, 0.2) is 53.2 Å². The van der Waals surface area contributed by atoms with Crippen LogP contribution in [0.3, 0.4) is 0 Å². The van der Waals surface area contributed by atoms with E-state index in [4.69, 9.17) is 30.7 Å². The summed E-state index contributed by atoms with van der Waals surface area (Å²) in [6.45, 7) is 20.5. The minimum atomic E-state index is -1.29. The summed E-state index contributed by atoms with van der Waals surface area (Å²) in [7, 11) is 0. The average Bonchev–Trinajstić information content (AvgIpc) is 3.53. The molecule has 0 amide bonds. The van der Waals surface area contributed by atoms with Crippen molar-refractivity contribution in [2.24, 2.45) is 10.8 Å². The average molecular weight is 779 g/mol. The van der Waals surface area contributed by atoms with Crippen molar-refractivity contribution in [1.29, 1.82) is 0 Å². The summed E-state index contributed by atoms with van der Waals surface area (Å²) < 4.78 is 12.7. The molecule has 3 aliphatic heterocycles. The Morgan fingerprint density at radius 2 is 1.62 bits per heavy atom. The topological polar surface area (TPSA) is 108 Å². The lowest BCUT2D eigenvalue weighted by Crippen LogP contribution is -2.40. The summed E-state index contributed by atoms with van der Waals surface area (Å²) in [5, 5.41) is 12.0. The van der Waals surface area contributed by atoms with Gasteiger partial charge in [-0.05, 0) is 106 Å². The van der Waals surface area contributed by atoms with Crippen LogP contribution >= 0.6 is 11.6 Å². The number of carboxylic acids is 1. The van der Waals surface area contributed by atoms with Gasteiger partial charge in [0, 0.05) is 43.7 Å². The summed E-state index contributed by atoms with van der Waals surface area (Å²) >= 11 is 7.23. The number of pyridine rings is 1. The van der Waals surface area contributed by atoms with Crippen LogP contribution in [0.4, 0.5) is 11.5 Å². The van der Waals surface area contributed by atoms with Crippen molar-refractivity contribution in [2.45, 2.75) is 105 Å². The molecule has 6 heterocycles. The maximum atomic E-state index is 13.2. The van der Waals surface area contributed by atoms with E-state index in [-0.39, 0.29) is 10.6 Å². The number of carbonyl (C=O) groups is 1. The number of furan rings is 1. The second kappa shape index (κ2) is 14.6. The van der Waals surface area contributed by atoms with Crippen molar-refractivity contribution in [3.8, 4) is 11.1 Å². The number of ether oxygens (including phenoxy) is 1. The van der Waals surface area contributed by atoms with Crippen molar-refractivity contribution in [1.82, 2.24) is 19.9 Å². The van der Waals surface area contributed by atoms with Gasteiger partial charge in [0.1, 0.15) is 22.6 Å². The Balaban J connectivity index is 1.24. The van der Waals surface area contributed by atoms with Gasteiger partial charge in [-0.25, -0.2) is 19.7 Å². The number of carboxylic acid groups (broad SMARTS) is 1. The van der Waals surface area contributed by atoms with Crippen LogP contribution in [-0.4, -0.2) is 69.3 Å². The van der Waals surface area contributed by atoms with Crippen molar-refractivity contribution >= 4 is 51.1 Å². The quantitative estimate of drug-likeness (QED) is 0.153. The van der Waals surface area contributed by atoms with E-state index >= 15 is 0 Å². The highest BCUT2D eigenvalue weighted by molar-refractivity contribution is 6.31. The van der Waals surface area contributed by atoms with Gasteiger partial charge in [0.2, 0.25) is 0 Å². The van der Waals surface area contributed by atoms with Gasteiger partial charge in [-0.15, -0.1) is 0 Å². The Morgan fingerprint density at radius 1 is 0.929 bits per heavy atom. The van der Waals surface area contributed by atoms with E-state index < -0.39 is 17.7 Å². The molecule has 10 nitrogen and oxygen atoms in total. The van der Waals surface area contributed by atoms with Gasteiger partial charge in [-0.2, -0.15) is 0 Å². The molecule has 3 aromatic heterocycles. The molecule has 0 spiro atoms. The molecule has 0 radical (unpaired) electrons. The van der Waals surface area contributed by atoms with Gasteiger partial charge < -0.3 is 24.1 Å². The van der Waals surface area contributed by atoms with E-state index in [0.717, 1.165) is 110 Å². The number of anilines is 2. The molecule has 0 aliphatic carbocycles. The number of para-hydroxylation sites is 1. The number of rotatable bonds is 8. The van der Waals surface area contributed by atoms with Crippen LogP contribution in [0.5, 0.6) is 0 Å². The third kappa shape index (κ3) is 7.72. The fourth-order valence-electron chi connectivity index (χ4n) is 8.66. The second-order valence-electron chi connectivity index (χ2n) is 18.7. The van der Waals surface area contributed by atoms with E-state index in [9.17, 15) is 9.90 Å². The largest absolute Gasteiger partial charge is 0.479 e. The third-order valence-electron chi connectivity index (χ3n) is 12.2. The molecule has 3 aliphatic rings. The molecule has 2 fully saturated rings. The molecule has 5 aromatic rings. The number of nitrogens with zero attached hydrogens (tertiary/aromatic N) is 6. The summed E-state index contributed by atoms with van der Waals surface area (Å²) in [5.41, 5.74) is 8.69. The molecule has 1 unspecified atom stereocenters. The van der Waals surface area contributed by atoms with Crippen molar-refractivity contribution < 1.29 is 19.1 Å². The molecular weight excluding hydrogens is 724 g/mol. The van der Waals surface area contributed by atoms with Gasteiger partial charge in [-0.1, -0.05) is 69.6 Å². The zero-order chi connectivity index (χ0) is 39.6. The number of likely N-dealkylation sites (tertiary alicyclic amines) is 1. The molecule has 1 atom stereocenters. The SMILES string of the molecule is CC1(C)CCN(Cc2nc(Cl)c(C(OC(C)(C)C)C(=O)O)c(N3CCC(C)(C)CC3)c2-c2ccc3c(c2)CCN(c2ncnc4c2oc2ccccc24)C3)CC1. The summed E-state index contributed by atoms with van der Waals surface area (Å²) in [4.78, 5) is 34.7. The van der Waals surface area contributed by atoms with Gasteiger partial charge >= 0.3 is 5.97 Å². The predicted molar refractivity (Wildman–Crippen MR) is 223 cm³/mol. The highest BCUT2D eigenvalue weighted by Gasteiger charge is 2.38. The number of aliphatic carboxylic acids is 1. The first kappa shape index (κ1) is 38.6. The first-order valence-electron chi connectivity index (χ1n) is 20.2. The first-order chi connectivity index (χ1) is 26.6. The van der Waals surface area contributed by atoms with E-state index in [2.05, 4.69) is 65.6 Å². The minimum absolute atomic E-state index is 0.181. The highest BCUT2D eigenvalue weighted by Crippen LogP contribution is 2.47. The Morgan fingerprint density at radius 3 is 2.32 bits per heavy atom. The standard InChI is InChI=1S/C45H55ClN6O4/c1-43(2,3)56-38(42(53)54)35-37(51-22-17-45(6,7)18-23-51)34(32(49-40(35)46)26-50-20-15-44(4,5)16-21-50)29-12-13-30-25-52(19-14-28(30)24-29)41-39-36(47-27-48-41)31-10-8-9-11-33(31)55-39/h8-13,24,27,38H,14-23,25-26H2,1-7H3,(H,53,54). The fraction of sp³-hybridized carbons (Fsp3) is 0.511. The van der Waals surface area contributed by atoms with E-state index in [1.807, 2.05) is 45.0 Å². The van der Waals surface area contributed by atoms with Crippen LogP contribution in [0.2, 0.25) is 5.15 Å². The molecule has 2 saturated heterocycles. The molecule has 0 saturated carbocycles. The van der Waals surface area contributed by atoms with Gasteiger partial charge in [0.05, 0.1) is 22.5 Å². The van der Waals surface area contributed by atoms with E-state index in [1.54, 1.807) is 6.33 Å². The molecule has 56 heavy (non-hydrogen) atoms. The van der Waals surface area contributed by atoms with E-state index in [1.165, 1.54) is 11.1 Å². The first-order valence-corrected chi connectivity index (χ1v) is 20.5. The Bertz CT molecular complexity index is 2270. The maximum Gasteiger partial charge on any atom is 0.337 e. The number of hydrogen-bond acceptors (Lipinski definition) is 9. The molecular formula is C45H55ClN6O4. The van der Waals surface area contributed by atoms with Crippen molar-refractivity contribution in [3.05, 3.63) is 76.3 Å². The van der Waals surface area contributed by atoms with Gasteiger partial charge in [0.15, 0.2) is 17.5 Å². The fourth-order valence-corrected chi connectivity index (χ4v) is 8.95. The number of aromatic nitrogens is 3. The van der Waals surface area contributed by atoms with Crippen LogP contribution in [0.25, 0.3) is 33.2 Å². The van der Waals surface area contributed by atoms with Crippen LogP contribution < -0.4 is 9.80 Å². The lowest BCUT2D eigenvalue weighted by atomic mass is 9.81. The smallest absolute Gasteiger partial charge is 0.337 e. The third-order valence-corrected chi connectivity index (χ3v) is 12.4. The Hall–Kier alpha value is -4.25. The number of hydrogen-bond donors (Lipinski definition) is 1. The van der Waals surface area contributed by atoms with Gasteiger partial charge in [0.25, 0.3) is 0 Å². The van der Waals surface area contributed by atoms with Gasteiger partial charge in [-0.3, -0.25) is 4.90 Å². The summed E-state index contributed by atoms with van der Waals surface area (Å²) in [5.74, 6) is -0.277. The lowest BCUT2D eigenvalue weighted by Gasteiger charge is -2.41. The molecule has 2 aromatic carbocycles. The zero-order valence-corrected chi connectivity index (χ0v) is 34.7. The van der Waals surface area contributed by atoms with Crippen molar-refractivity contribution in [3.63, 3.8) is 0 Å². The molecule has 1 N–H and O–H groups in total. The Labute approximate surface area is 335 Å². The number of halogens is 1. The maximum absolute atomic E-state index is 13.2. The molecule has 296 valence electrons. The highest BCUT2D eigenvalue weighted by atomic mass is 35.5. The molecule has 8 rings (SSSR count). The molecule has 11 heteroatoms. The lowest BCUT2D eigenvalue weighted by molar-refractivity contribution is -0.160. The monoisotopic (exact) mass is 778 g/mol. The minimum Gasteiger partial charge on any atom is -0.479 e. The number of piperidine rings is 2.